The van der Waals surface area contributed by atoms with Gasteiger partial charge in [-0.3, -0.25) is 0 Å². The second-order valence-electron chi connectivity index (χ2n) is 14.5. The van der Waals surface area contributed by atoms with Gasteiger partial charge in [-0.05, 0) is 96.1 Å². The standard InChI is InChI=1S/C47H23F12N3/c48-44(49,50)28-11-15-40-36(22-28)32-5-1-3-7-38(32)61(40)42-17-25(24-60)9-13-34(42)35-14-10-26(27-18-30(46(54,55)56)21-31(19-27)47(57,58)59)20-43(35)62-39-8-4-2-6-33(39)37-23-29(45(51,52)53)12-16-41(37)62/h1-23H. The Morgan fingerprint density at radius 3 is 1.23 bits per heavy atom. The Balaban J connectivity index is 1.41. The molecule has 0 fully saturated rings. The summed E-state index contributed by atoms with van der Waals surface area (Å²) in [6.45, 7) is 0. The number of rotatable bonds is 4. The molecule has 310 valence electrons. The Labute approximate surface area is 341 Å². The second kappa shape index (κ2) is 13.9. The first-order chi connectivity index (χ1) is 29.2. The van der Waals surface area contributed by atoms with Crippen LogP contribution in [-0.4, -0.2) is 9.13 Å². The van der Waals surface area contributed by atoms with Crippen LogP contribution in [0.5, 0.6) is 0 Å². The van der Waals surface area contributed by atoms with Gasteiger partial charge in [0, 0.05) is 32.7 Å². The summed E-state index contributed by atoms with van der Waals surface area (Å²) < 4.78 is 172. The van der Waals surface area contributed by atoms with E-state index in [9.17, 15) is 57.9 Å². The molecule has 0 atom stereocenters. The molecule has 0 saturated carbocycles. The van der Waals surface area contributed by atoms with Gasteiger partial charge >= 0.3 is 24.7 Å². The van der Waals surface area contributed by atoms with Crippen molar-refractivity contribution < 1.29 is 52.7 Å². The van der Waals surface area contributed by atoms with E-state index < -0.39 is 52.5 Å². The van der Waals surface area contributed by atoms with Crippen LogP contribution in [0.2, 0.25) is 0 Å². The van der Waals surface area contributed by atoms with Gasteiger partial charge in [-0.2, -0.15) is 57.9 Å². The monoisotopic (exact) mass is 857 g/mol. The molecule has 62 heavy (non-hydrogen) atoms. The van der Waals surface area contributed by atoms with E-state index in [1.165, 1.54) is 42.5 Å². The number of aromatic nitrogens is 2. The molecule has 0 bridgehead atoms. The number of para-hydroxylation sites is 2. The molecule has 9 aromatic rings. The lowest BCUT2D eigenvalue weighted by atomic mass is 9.94. The van der Waals surface area contributed by atoms with Gasteiger partial charge in [0.2, 0.25) is 0 Å². The summed E-state index contributed by atoms with van der Waals surface area (Å²) in [5, 5.41) is 11.2. The number of nitrogens with zero attached hydrogens (tertiary/aromatic N) is 3. The van der Waals surface area contributed by atoms with E-state index in [0.29, 0.717) is 45.0 Å². The van der Waals surface area contributed by atoms with Gasteiger partial charge in [-0.1, -0.05) is 54.6 Å². The Morgan fingerprint density at radius 1 is 0.355 bits per heavy atom. The van der Waals surface area contributed by atoms with E-state index in [2.05, 4.69) is 6.07 Å². The first-order valence-electron chi connectivity index (χ1n) is 18.4. The maximum atomic E-state index is 14.1. The SMILES string of the molecule is N#Cc1ccc(-c2ccc(-c3cc(C(F)(F)F)cc(C(F)(F)F)c3)cc2-n2c3ccccc3c3cc(C(F)(F)F)ccc32)c(-n2c3ccccc3c3cc(C(F)(F)F)ccc32)c1. The van der Waals surface area contributed by atoms with Crippen LogP contribution in [0.1, 0.15) is 27.8 Å². The molecule has 2 heterocycles. The highest BCUT2D eigenvalue weighted by Crippen LogP contribution is 2.45. The van der Waals surface area contributed by atoms with Crippen LogP contribution >= 0.6 is 0 Å². The Hall–Kier alpha value is -7.21. The van der Waals surface area contributed by atoms with Crippen LogP contribution in [0, 0.1) is 11.3 Å². The molecule has 0 N–H and O–H groups in total. The number of benzene rings is 7. The van der Waals surface area contributed by atoms with Gasteiger partial charge in [0.25, 0.3) is 0 Å². The van der Waals surface area contributed by atoms with Gasteiger partial charge in [0.1, 0.15) is 0 Å². The van der Waals surface area contributed by atoms with Crippen LogP contribution in [0.15, 0.2) is 140 Å². The summed E-state index contributed by atoms with van der Waals surface area (Å²) in [6.07, 6.45) is -19.8. The van der Waals surface area contributed by atoms with Crippen molar-refractivity contribution in [3.8, 4) is 39.7 Å². The topological polar surface area (TPSA) is 33.6 Å². The fourth-order valence-electron chi connectivity index (χ4n) is 8.08. The fraction of sp³-hybridized carbons (Fsp3) is 0.0851. The van der Waals surface area contributed by atoms with Crippen LogP contribution < -0.4 is 0 Å². The Morgan fingerprint density at radius 2 is 0.774 bits per heavy atom. The lowest BCUT2D eigenvalue weighted by Crippen LogP contribution is -2.11. The maximum Gasteiger partial charge on any atom is 0.416 e. The molecular formula is C47H23F12N3. The molecule has 0 saturated heterocycles. The normalized spacial score (nSPS) is 12.8. The molecule has 7 aromatic carbocycles. The molecule has 15 heteroatoms. The van der Waals surface area contributed by atoms with Crippen LogP contribution in [0.4, 0.5) is 52.7 Å². The van der Waals surface area contributed by atoms with Gasteiger partial charge < -0.3 is 9.13 Å². The van der Waals surface area contributed by atoms with E-state index in [1.54, 1.807) is 63.7 Å². The predicted molar refractivity (Wildman–Crippen MR) is 211 cm³/mol. The zero-order chi connectivity index (χ0) is 44.1. The van der Waals surface area contributed by atoms with E-state index in [0.717, 1.165) is 24.3 Å². The highest BCUT2D eigenvalue weighted by atomic mass is 19.4. The van der Waals surface area contributed by atoms with Crippen LogP contribution in [0.3, 0.4) is 0 Å². The minimum atomic E-state index is -5.18. The zero-order valence-electron chi connectivity index (χ0n) is 31.2. The second-order valence-corrected chi connectivity index (χ2v) is 14.5. The first kappa shape index (κ1) is 40.2. The number of hydrogen-bond acceptors (Lipinski definition) is 1. The summed E-state index contributed by atoms with van der Waals surface area (Å²) in [7, 11) is 0. The predicted octanol–water partition coefficient (Wildman–Crippen LogP) is 15.2. The minimum Gasteiger partial charge on any atom is -0.309 e. The molecule has 9 rings (SSSR count). The van der Waals surface area contributed by atoms with Crippen LogP contribution in [0.25, 0.3) is 77.2 Å². The van der Waals surface area contributed by atoms with E-state index in [4.69, 9.17) is 0 Å². The molecule has 0 aliphatic rings. The Bertz CT molecular complexity index is 3290. The summed E-state index contributed by atoms with van der Waals surface area (Å²) in [5.41, 5.74) is -3.34. The largest absolute Gasteiger partial charge is 0.416 e. The van der Waals surface area contributed by atoms with Gasteiger partial charge in [-0.15, -0.1) is 0 Å². The number of hydrogen-bond donors (Lipinski definition) is 0. The van der Waals surface area contributed by atoms with Crippen molar-refractivity contribution in [1.29, 1.82) is 5.26 Å². The van der Waals surface area contributed by atoms with Crippen LogP contribution in [-0.2, 0) is 24.7 Å². The lowest BCUT2D eigenvalue weighted by Gasteiger charge is -2.21. The summed E-state index contributed by atoms with van der Waals surface area (Å²) >= 11 is 0. The fourth-order valence-corrected chi connectivity index (χ4v) is 8.08. The van der Waals surface area contributed by atoms with E-state index >= 15 is 0 Å². The quantitative estimate of drug-likeness (QED) is 0.162. The highest BCUT2D eigenvalue weighted by Gasteiger charge is 2.38. The molecule has 2 aromatic heterocycles. The maximum absolute atomic E-state index is 14.1. The smallest absolute Gasteiger partial charge is 0.309 e. The zero-order valence-corrected chi connectivity index (χ0v) is 31.2. The highest BCUT2D eigenvalue weighted by molar-refractivity contribution is 6.12. The molecule has 0 amide bonds. The minimum absolute atomic E-state index is 0.00358. The van der Waals surface area contributed by atoms with Crippen molar-refractivity contribution in [2.24, 2.45) is 0 Å². The number of halogens is 12. The van der Waals surface area contributed by atoms with E-state index in [1.807, 2.05) is 0 Å². The average molecular weight is 858 g/mol. The Kier molecular flexibility index (Phi) is 9.02. The third-order valence-electron chi connectivity index (χ3n) is 10.8. The van der Waals surface area contributed by atoms with Crippen molar-refractivity contribution in [3.05, 3.63) is 167 Å². The van der Waals surface area contributed by atoms with Crippen molar-refractivity contribution in [2.45, 2.75) is 24.7 Å². The molecule has 0 aliphatic carbocycles. The van der Waals surface area contributed by atoms with Gasteiger partial charge in [0.15, 0.2) is 0 Å². The first-order valence-corrected chi connectivity index (χ1v) is 18.4. The van der Waals surface area contributed by atoms with Crippen molar-refractivity contribution in [3.63, 3.8) is 0 Å². The molecule has 0 spiro atoms. The molecule has 0 aliphatic heterocycles. The van der Waals surface area contributed by atoms with Gasteiger partial charge in [0.05, 0.1) is 67.3 Å². The summed E-state index contributed by atoms with van der Waals surface area (Å²) in [4.78, 5) is 0. The van der Waals surface area contributed by atoms with Crippen molar-refractivity contribution >= 4 is 43.6 Å². The molecule has 3 nitrogen and oxygen atoms in total. The van der Waals surface area contributed by atoms with Crippen molar-refractivity contribution in [1.82, 2.24) is 9.13 Å². The summed E-state index contributed by atoms with van der Waals surface area (Å²) in [6, 6.07) is 30.9. The third kappa shape index (κ3) is 6.75. The van der Waals surface area contributed by atoms with Gasteiger partial charge in [-0.25, -0.2) is 0 Å². The lowest BCUT2D eigenvalue weighted by molar-refractivity contribution is -0.143. The molecular weight excluding hydrogens is 835 g/mol. The van der Waals surface area contributed by atoms with E-state index in [-0.39, 0.29) is 50.4 Å². The summed E-state index contributed by atoms with van der Waals surface area (Å²) in [5.74, 6) is 0. The number of nitriles is 1. The number of alkyl halides is 12. The average Bonchev–Trinajstić information content (AvgIpc) is 3.74. The van der Waals surface area contributed by atoms with Crippen molar-refractivity contribution in [2.75, 3.05) is 0 Å². The number of fused-ring (bicyclic) bond motifs is 6. The molecule has 0 radical (unpaired) electrons. The molecule has 0 unspecified atom stereocenters. The third-order valence-corrected chi connectivity index (χ3v) is 10.8.